The minimum Gasteiger partial charge on any atom is -0.384 e. The summed E-state index contributed by atoms with van der Waals surface area (Å²) in [5.41, 5.74) is 10.4. The van der Waals surface area contributed by atoms with Crippen LogP contribution >= 0.6 is 34.4 Å². The van der Waals surface area contributed by atoms with Gasteiger partial charge in [0, 0.05) is 17.7 Å². The molecule has 1 aliphatic carbocycles. The maximum atomic E-state index is 13.3. The SMILES string of the molecule is CCc1nnc(NC(=O)CSc2nnc(N3C(N)=C(C#N)C(c4ccc(C(C)C)cc4)C4=C3CCCC4=O)s2)s1. The first-order valence-corrected chi connectivity index (χ1v) is 15.6. The summed E-state index contributed by atoms with van der Waals surface area (Å²) in [6.45, 7) is 6.23. The average molecular weight is 593 g/mol. The van der Waals surface area contributed by atoms with Gasteiger partial charge >= 0.3 is 0 Å². The Balaban J connectivity index is 1.41. The Labute approximate surface area is 244 Å². The molecule has 2 aliphatic rings. The van der Waals surface area contributed by atoms with Crippen LogP contribution in [0, 0.1) is 11.3 Å². The summed E-state index contributed by atoms with van der Waals surface area (Å²) >= 11 is 3.85. The molecule has 1 aliphatic heterocycles. The second-order valence-electron chi connectivity index (χ2n) is 9.68. The summed E-state index contributed by atoms with van der Waals surface area (Å²) < 4.78 is 0.568. The lowest BCUT2D eigenvalue weighted by Crippen LogP contribution is -2.38. The highest BCUT2D eigenvalue weighted by Gasteiger charge is 2.41. The Morgan fingerprint density at radius 3 is 2.65 bits per heavy atom. The summed E-state index contributed by atoms with van der Waals surface area (Å²) in [5.74, 6) is 0.00576. The molecule has 0 radical (unpaired) electrons. The van der Waals surface area contributed by atoms with Crippen molar-refractivity contribution in [2.24, 2.45) is 5.73 Å². The third kappa shape index (κ3) is 5.52. The number of benzene rings is 1. The van der Waals surface area contributed by atoms with Crippen molar-refractivity contribution >= 4 is 56.4 Å². The van der Waals surface area contributed by atoms with Crippen molar-refractivity contribution in [3.05, 3.63) is 63.1 Å². The van der Waals surface area contributed by atoms with Crippen LogP contribution < -0.4 is 16.0 Å². The average Bonchev–Trinajstić information content (AvgIpc) is 3.61. The van der Waals surface area contributed by atoms with E-state index in [0.29, 0.717) is 50.9 Å². The predicted molar refractivity (Wildman–Crippen MR) is 157 cm³/mol. The van der Waals surface area contributed by atoms with Crippen LogP contribution in [0.15, 0.2) is 51.3 Å². The van der Waals surface area contributed by atoms with Crippen molar-refractivity contribution in [1.29, 1.82) is 5.26 Å². The topological polar surface area (TPSA) is 151 Å². The van der Waals surface area contributed by atoms with Gasteiger partial charge in [-0.3, -0.25) is 19.8 Å². The van der Waals surface area contributed by atoms with Gasteiger partial charge in [0.2, 0.25) is 16.2 Å². The number of thioether (sulfide) groups is 1. The lowest BCUT2D eigenvalue weighted by atomic mass is 9.75. The van der Waals surface area contributed by atoms with Crippen molar-refractivity contribution < 1.29 is 9.59 Å². The molecule has 0 spiro atoms. The summed E-state index contributed by atoms with van der Waals surface area (Å²) in [7, 11) is 0. The van der Waals surface area contributed by atoms with Crippen molar-refractivity contribution in [3.63, 3.8) is 0 Å². The number of carbonyl (C=O) groups is 2. The molecule has 206 valence electrons. The van der Waals surface area contributed by atoms with Crippen LogP contribution in [-0.2, 0) is 16.0 Å². The molecular weight excluding hydrogens is 565 g/mol. The van der Waals surface area contributed by atoms with E-state index in [1.807, 2.05) is 31.2 Å². The number of allylic oxidation sites excluding steroid dienone is 3. The number of nitrogens with zero attached hydrogens (tertiary/aromatic N) is 6. The largest absolute Gasteiger partial charge is 0.384 e. The quantitative estimate of drug-likeness (QED) is 0.338. The lowest BCUT2D eigenvalue weighted by molar-refractivity contribution is -0.116. The van der Waals surface area contributed by atoms with Crippen molar-refractivity contribution in [2.45, 2.75) is 62.6 Å². The second kappa shape index (κ2) is 11.9. The van der Waals surface area contributed by atoms with Gasteiger partial charge in [0.15, 0.2) is 10.1 Å². The maximum Gasteiger partial charge on any atom is 0.236 e. The number of amides is 1. The fourth-order valence-corrected chi connectivity index (χ4v) is 7.17. The fourth-order valence-electron chi connectivity index (χ4n) is 4.79. The van der Waals surface area contributed by atoms with Gasteiger partial charge in [-0.2, -0.15) is 5.26 Å². The summed E-state index contributed by atoms with van der Waals surface area (Å²) in [6, 6.07) is 10.4. The van der Waals surface area contributed by atoms with Gasteiger partial charge in [0.05, 0.1) is 23.3 Å². The molecule has 3 aromatic rings. The van der Waals surface area contributed by atoms with E-state index in [0.717, 1.165) is 22.7 Å². The zero-order valence-electron chi connectivity index (χ0n) is 22.3. The van der Waals surface area contributed by atoms with Crippen molar-refractivity contribution in [2.75, 3.05) is 16.0 Å². The Kier molecular flexibility index (Phi) is 8.30. The van der Waals surface area contributed by atoms with Crippen LogP contribution in [0.25, 0.3) is 0 Å². The number of nitrogens with one attached hydrogen (secondary N) is 1. The van der Waals surface area contributed by atoms with E-state index in [2.05, 4.69) is 45.6 Å². The number of anilines is 2. The number of aromatic nitrogens is 4. The number of carbonyl (C=O) groups excluding carboxylic acids is 2. The van der Waals surface area contributed by atoms with E-state index in [-0.39, 0.29) is 23.3 Å². The number of hydrogen-bond donors (Lipinski definition) is 2. The molecule has 1 atom stereocenters. The molecule has 0 bridgehead atoms. The molecular formula is C27H28N8O2S3. The van der Waals surface area contributed by atoms with Gasteiger partial charge in [0.25, 0.3) is 0 Å². The summed E-state index contributed by atoms with van der Waals surface area (Å²) in [4.78, 5) is 27.5. The van der Waals surface area contributed by atoms with E-state index in [1.165, 1.54) is 40.0 Å². The van der Waals surface area contributed by atoms with Gasteiger partial charge in [-0.15, -0.1) is 20.4 Å². The van der Waals surface area contributed by atoms with E-state index < -0.39 is 5.92 Å². The highest BCUT2D eigenvalue weighted by molar-refractivity contribution is 8.01. The Bertz CT molecular complexity index is 1550. The zero-order valence-corrected chi connectivity index (χ0v) is 24.8. The second-order valence-corrected chi connectivity index (χ2v) is 12.9. The minimum atomic E-state index is -0.524. The first-order chi connectivity index (χ1) is 19.3. The fraction of sp³-hybridized carbons (Fsp3) is 0.370. The third-order valence-corrected chi connectivity index (χ3v) is 9.80. The normalized spacial score (nSPS) is 17.3. The molecule has 1 amide bonds. The number of ketones is 1. The number of hydrogen-bond acceptors (Lipinski definition) is 12. The highest BCUT2D eigenvalue weighted by atomic mass is 32.2. The first-order valence-electron chi connectivity index (χ1n) is 12.9. The van der Waals surface area contributed by atoms with E-state index >= 15 is 0 Å². The van der Waals surface area contributed by atoms with Crippen LogP contribution in [0.1, 0.15) is 68.0 Å². The summed E-state index contributed by atoms with van der Waals surface area (Å²) in [6.07, 6.45) is 2.50. The maximum absolute atomic E-state index is 13.3. The monoisotopic (exact) mass is 592 g/mol. The van der Waals surface area contributed by atoms with Gasteiger partial charge in [0.1, 0.15) is 10.8 Å². The molecule has 2 aromatic heterocycles. The summed E-state index contributed by atoms with van der Waals surface area (Å²) in [5, 5.41) is 31.3. The van der Waals surface area contributed by atoms with Crippen LogP contribution in [0.5, 0.6) is 0 Å². The molecule has 5 rings (SSSR count). The molecule has 3 heterocycles. The molecule has 40 heavy (non-hydrogen) atoms. The Morgan fingerprint density at radius 2 is 1.98 bits per heavy atom. The molecule has 13 heteroatoms. The molecule has 3 N–H and O–H groups in total. The van der Waals surface area contributed by atoms with Crippen LogP contribution in [-0.4, -0.2) is 37.8 Å². The van der Waals surface area contributed by atoms with Gasteiger partial charge in [-0.25, -0.2) is 0 Å². The minimum absolute atomic E-state index is 0.0168. The first kappa shape index (κ1) is 27.9. The van der Waals surface area contributed by atoms with E-state index in [4.69, 9.17) is 5.73 Å². The molecule has 10 nitrogen and oxygen atoms in total. The Morgan fingerprint density at radius 1 is 1.20 bits per heavy atom. The van der Waals surface area contributed by atoms with Gasteiger partial charge < -0.3 is 5.73 Å². The Hall–Kier alpha value is -3.60. The van der Waals surface area contributed by atoms with Crippen LogP contribution in [0.3, 0.4) is 0 Å². The number of nitriles is 1. The van der Waals surface area contributed by atoms with E-state index in [9.17, 15) is 14.9 Å². The molecule has 1 unspecified atom stereocenters. The molecule has 0 saturated carbocycles. The smallest absolute Gasteiger partial charge is 0.236 e. The van der Waals surface area contributed by atoms with Gasteiger partial charge in [-0.05, 0) is 36.3 Å². The lowest BCUT2D eigenvalue weighted by Gasteiger charge is -2.38. The molecule has 1 aromatic carbocycles. The van der Waals surface area contributed by atoms with E-state index in [1.54, 1.807) is 4.90 Å². The van der Waals surface area contributed by atoms with Crippen molar-refractivity contribution in [1.82, 2.24) is 20.4 Å². The van der Waals surface area contributed by atoms with Gasteiger partial charge in [-0.1, -0.05) is 79.5 Å². The molecule has 0 saturated heterocycles. The highest BCUT2D eigenvalue weighted by Crippen LogP contribution is 2.47. The van der Waals surface area contributed by atoms with Crippen molar-refractivity contribution in [3.8, 4) is 6.07 Å². The number of aryl methyl sites for hydroxylation is 1. The third-order valence-electron chi connectivity index (χ3n) is 6.78. The number of nitrogens with two attached hydrogens (primary N) is 1. The molecule has 0 fully saturated rings. The number of rotatable bonds is 8. The van der Waals surface area contributed by atoms with Crippen LogP contribution in [0.4, 0.5) is 10.3 Å². The van der Waals surface area contributed by atoms with Crippen LogP contribution in [0.2, 0.25) is 0 Å². The number of Topliss-reactive ketones (excluding diaryl/α,β-unsaturated/α-hetero) is 1. The standard InChI is InChI=1S/C27H28N8O2S3/c1-4-21-31-32-25(39-21)30-20(37)13-38-27-34-33-26(40-27)35-18-6-5-7-19(36)23(18)22(17(12-28)24(35)29)16-10-8-15(9-11-16)14(2)3/h8-11,14,22H,4-7,13,29H2,1-3H3,(H,30,32,37). The predicted octanol–water partition coefficient (Wildman–Crippen LogP) is 5.11. The zero-order chi connectivity index (χ0) is 28.4.